The molecule has 2 N–H and O–H groups in total. The molecule has 0 saturated carbocycles. The number of rotatable bonds is 6. The number of benzene rings is 2. The fourth-order valence-corrected chi connectivity index (χ4v) is 2.54. The van der Waals surface area contributed by atoms with Gasteiger partial charge < -0.3 is 15.4 Å². The van der Waals surface area contributed by atoms with Gasteiger partial charge in [0, 0.05) is 11.4 Å². The third-order valence-electron chi connectivity index (χ3n) is 4.19. The van der Waals surface area contributed by atoms with Crippen molar-refractivity contribution in [2.24, 2.45) is 0 Å². The number of hydrogen-bond donors (Lipinski definition) is 2. The van der Waals surface area contributed by atoms with Crippen molar-refractivity contribution in [3.8, 4) is 5.75 Å². The minimum absolute atomic E-state index is 0.246. The summed E-state index contributed by atoms with van der Waals surface area (Å²) in [5, 5.41) is 14.1. The number of carbonyl (C=O) groups is 1. The third-order valence-corrected chi connectivity index (χ3v) is 4.19. The molecule has 138 valence electrons. The number of aromatic nitrogens is 2. The Morgan fingerprint density at radius 2 is 1.78 bits per heavy atom. The fourth-order valence-electron chi connectivity index (χ4n) is 2.54. The van der Waals surface area contributed by atoms with Gasteiger partial charge in [-0.15, -0.1) is 10.2 Å². The van der Waals surface area contributed by atoms with Crippen molar-refractivity contribution in [2.75, 3.05) is 17.2 Å². The molecule has 0 fully saturated rings. The summed E-state index contributed by atoms with van der Waals surface area (Å²) in [5.41, 5.74) is 4.23. The average Bonchev–Trinajstić information content (AvgIpc) is 2.68. The van der Waals surface area contributed by atoms with Gasteiger partial charge in [0.2, 0.25) is 0 Å². The van der Waals surface area contributed by atoms with Crippen LogP contribution in [0.2, 0.25) is 0 Å². The highest BCUT2D eigenvalue weighted by atomic mass is 16.5. The second-order valence-electron chi connectivity index (χ2n) is 6.09. The maximum atomic E-state index is 12.3. The van der Waals surface area contributed by atoms with Gasteiger partial charge in [-0.05, 0) is 74.4 Å². The van der Waals surface area contributed by atoms with Gasteiger partial charge in [-0.2, -0.15) is 0 Å². The summed E-state index contributed by atoms with van der Waals surface area (Å²) in [6, 6.07) is 16.6. The lowest BCUT2D eigenvalue weighted by Gasteiger charge is -2.10. The predicted molar refractivity (Wildman–Crippen MR) is 107 cm³/mol. The highest BCUT2D eigenvalue weighted by molar-refractivity contribution is 6.02. The van der Waals surface area contributed by atoms with E-state index in [0.29, 0.717) is 18.1 Å². The molecule has 3 rings (SSSR count). The molecule has 1 aromatic heterocycles. The van der Waals surface area contributed by atoms with Crippen LogP contribution in [0.25, 0.3) is 0 Å². The molecular weight excluding hydrogens is 340 g/mol. The van der Waals surface area contributed by atoms with Crippen molar-refractivity contribution in [2.45, 2.75) is 20.8 Å². The van der Waals surface area contributed by atoms with E-state index in [-0.39, 0.29) is 11.6 Å². The summed E-state index contributed by atoms with van der Waals surface area (Å²) in [6.07, 6.45) is 0. The molecule has 0 aliphatic heterocycles. The molecule has 27 heavy (non-hydrogen) atoms. The lowest BCUT2D eigenvalue weighted by Crippen LogP contribution is -2.14. The monoisotopic (exact) mass is 362 g/mol. The topological polar surface area (TPSA) is 76.1 Å². The van der Waals surface area contributed by atoms with E-state index in [0.717, 1.165) is 17.0 Å². The molecule has 0 spiro atoms. The summed E-state index contributed by atoms with van der Waals surface area (Å²) in [6.45, 7) is 6.63. The van der Waals surface area contributed by atoms with Crippen molar-refractivity contribution in [3.63, 3.8) is 0 Å². The molecule has 0 radical (unpaired) electrons. The number of carbonyl (C=O) groups excluding carboxylic acids is 1. The molecule has 6 heteroatoms. The Morgan fingerprint density at radius 3 is 2.44 bits per heavy atom. The Balaban J connectivity index is 1.65. The van der Waals surface area contributed by atoms with Gasteiger partial charge in [-0.3, -0.25) is 4.79 Å². The standard InChI is InChI=1S/C21H22N4O2/c1-4-27-17-10-8-16(9-11-17)22-21(26)19-12-13-20(25-24-19)23-18-7-5-6-14(2)15(18)3/h5-13H,4H2,1-3H3,(H,22,26)(H,23,25). The number of amides is 1. The molecule has 0 aliphatic carbocycles. The first kappa shape index (κ1) is 18.4. The van der Waals surface area contributed by atoms with Crippen LogP contribution in [-0.2, 0) is 0 Å². The van der Waals surface area contributed by atoms with Crippen molar-refractivity contribution >= 4 is 23.1 Å². The third kappa shape index (κ3) is 4.61. The van der Waals surface area contributed by atoms with Gasteiger partial charge in [0.15, 0.2) is 11.5 Å². The normalized spacial score (nSPS) is 10.3. The first-order valence-electron chi connectivity index (χ1n) is 8.78. The molecule has 0 atom stereocenters. The van der Waals surface area contributed by atoms with Crippen LogP contribution < -0.4 is 15.4 Å². The maximum absolute atomic E-state index is 12.3. The van der Waals surface area contributed by atoms with E-state index in [1.807, 2.05) is 38.1 Å². The van der Waals surface area contributed by atoms with Crippen molar-refractivity contribution < 1.29 is 9.53 Å². The number of ether oxygens (including phenoxy) is 1. The number of nitrogens with one attached hydrogen (secondary N) is 2. The summed E-state index contributed by atoms with van der Waals surface area (Å²) in [5.74, 6) is 1.03. The average molecular weight is 362 g/mol. The van der Waals surface area contributed by atoms with Crippen LogP contribution in [0.15, 0.2) is 54.6 Å². The Morgan fingerprint density at radius 1 is 1.00 bits per heavy atom. The maximum Gasteiger partial charge on any atom is 0.276 e. The first-order chi connectivity index (χ1) is 13.1. The van der Waals surface area contributed by atoms with Crippen LogP contribution >= 0.6 is 0 Å². The van der Waals surface area contributed by atoms with E-state index in [1.54, 1.807) is 24.3 Å². The highest BCUT2D eigenvalue weighted by Crippen LogP contribution is 2.21. The highest BCUT2D eigenvalue weighted by Gasteiger charge is 2.10. The molecular formula is C21H22N4O2. The molecule has 0 unspecified atom stereocenters. The molecule has 1 heterocycles. The first-order valence-corrected chi connectivity index (χ1v) is 8.78. The van der Waals surface area contributed by atoms with Gasteiger partial charge in [-0.1, -0.05) is 12.1 Å². The summed E-state index contributed by atoms with van der Waals surface area (Å²) in [4.78, 5) is 12.3. The second kappa shape index (κ2) is 8.31. The zero-order valence-electron chi connectivity index (χ0n) is 15.6. The smallest absolute Gasteiger partial charge is 0.276 e. The Labute approximate surface area is 158 Å². The minimum Gasteiger partial charge on any atom is -0.494 e. The number of anilines is 3. The second-order valence-corrected chi connectivity index (χ2v) is 6.09. The lowest BCUT2D eigenvalue weighted by atomic mass is 10.1. The Kier molecular flexibility index (Phi) is 5.66. The van der Waals surface area contributed by atoms with E-state index in [1.165, 1.54) is 5.56 Å². The van der Waals surface area contributed by atoms with Crippen molar-refractivity contribution in [3.05, 3.63) is 71.4 Å². The van der Waals surface area contributed by atoms with Gasteiger partial charge in [-0.25, -0.2) is 0 Å². The van der Waals surface area contributed by atoms with E-state index in [4.69, 9.17) is 4.74 Å². The van der Waals surface area contributed by atoms with Crippen LogP contribution in [0, 0.1) is 13.8 Å². The van der Waals surface area contributed by atoms with E-state index in [9.17, 15) is 4.79 Å². The van der Waals surface area contributed by atoms with Crippen LogP contribution in [0.3, 0.4) is 0 Å². The van der Waals surface area contributed by atoms with Gasteiger partial charge in [0.05, 0.1) is 6.61 Å². The van der Waals surface area contributed by atoms with Crippen LogP contribution in [0.4, 0.5) is 17.2 Å². The lowest BCUT2D eigenvalue weighted by molar-refractivity contribution is 0.102. The molecule has 1 amide bonds. The van der Waals surface area contributed by atoms with Crippen molar-refractivity contribution in [1.29, 1.82) is 0 Å². The summed E-state index contributed by atoms with van der Waals surface area (Å²) >= 11 is 0. The van der Waals surface area contributed by atoms with Crippen LogP contribution in [0.5, 0.6) is 5.75 Å². The molecule has 0 bridgehead atoms. The van der Waals surface area contributed by atoms with Gasteiger partial charge >= 0.3 is 0 Å². The zero-order valence-corrected chi connectivity index (χ0v) is 15.6. The number of nitrogens with zero attached hydrogens (tertiary/aromatic N) is 2. The van der Waals surface area contributed by atoms with Gasteiger partial charge in [0.25, 0.3) is 5.91 Å². The predicted octanol–water partition coefficient (Wildman–Crippen LogP) is 4.49. The quantitative estimate of drug-likeness (QED) is 0.676. The molecule has 0 aliphatic rings. The molecule has 3 aromatic rings. The summed E-state index contributed by atoms with van der Waals surface area (Å²) < 4.78 is 5.39. The Hall–Kier alpha value is -3.41. The van der Waals surface area contributed by atoms with E-state index in [2.05, 4.69) is 33.8 Å². The van der Waals surface area contributed by atoms with Crippen molar-refractivity contribution in [1.82, 2.24) is 10.2 Å². The SMILES string of the molecule is CCOc1ccc(NC(=O)c2ccc(Nc3cccc(C)c3C)nn2)cc1. The number of hydrogen-bond acceptors (Lipinski definition) is 5. The fraction of sp³-hybridized carbons (Fsp3) is 0.190. The Bertz CT molecular complexity index is 922. The summed E-state index contributed by atoms with van der Waals surface area (Å²) in [7, 11) is 0. The van der Waals surface area contributed by atoms with Crippen LogP contribution in [0.1, 0.15) is 28.5 Å². The van der Waals surface area contributed by atoms with E-state index < -0.39 is 0 Å². The van der Waals surface area contributed by atoms with E-state index >= 15 is 0 Å². The molecule has 2 aromatic carbocycles. The zero-order chi connectivity index (χ0) is 19.2. The largest absolute Gasteiger partial charge is 0.494 e. The molecule has 0 saturated heterocycles. The number of aryl methyl sites for hydroxylation is 1. The van der Waals surface area contributed by atoms with Crippen LogP contribution in [-0.4, -0.2) is 22.7 Å². The van der Waals surface area contributed by atoms with Gasteiger partial charge in [0.1, 0.15) is 5.75 Å². The minimum atomic E-state index is -0.315. The molecule has 6 nitrogen and oxygen atoms in total.